The van der Waals surface area contributed by atoms with Crippen molar-refractivity contribution in [3.05, 3.63) is 39.8 Å². The Balaban J connectivity index is 0.00000626. The number of thiazole rings is 1. The number of aromatic hydroxyl groups is 1. The number of likely N-dealkylation sites (N-methyl/N-ethyl adjacent to an activating group) is 1. The van der Waals surface area contributed by atoms with Crippen LogP contribution in [0.1, 0.15) is 126 Å². The van der Waals surface area contributed by atoms with Gasteiger partial charge < -0.3 is 30.1 Å². The van der Waals surface area contributed by atoms with Crippen molar-refractivity contribution in [2.24, 2.45) is 17.8 Å². The Morgan fingerprint density at radius 2 is 1.67 bits per heavy atom. The van der Waals surface area contributed by atoms with Crippen molar-refractivity contribution in [1.82, 2.24) is 46.4 Å². The number of hydrogen-bond donors (Lipinski definition) is 8. The highest BCUT2D eigenvalue weighted by Gasteiger charge is 2.38. The molecule has 0 aliphatic carbocycles. The summed E-state index contributed by atoms with van der Waals surface area (Å²) in [5.41, 5.74) is 4.99. The number of hydrogen-bond acceptors (Lipinski definition) is 16. The number of piperidine rings is 1. The molecule has 8 N–H and O–H groups in total. The molecule has 0 bridgehead atoms. The summed E-state index contributed by atoms with van der Waals surface area (Å²) >= 11 is 1.18. The fourth-order valence-electron chi connectivity index (χ4n) is 8.23. The summed E-state index contributed by atoms with van der Waals surface area (Å²) in [6.07, 6.45) is 14.8. The van der Waals surface area contributed by atoms with Gasteiger partial charge in [-0.2, -0.15) is 20.0 Å². The summed E-state index contributed by atoms with van der Waals surface area (Å²) in [6.45, 7) is 11.9. The second-order valence-electron chi connectivity index (χ2n) is 18.3. The first kappa shape index (κ1) is 64.8. The van der Waals surface area contributed by atoms with E-state index in [1.807, 2.05) is 52.5 Å². The molecule has 2 aromatic rings. The monoisotopic (exact) mass is 1080 g/mol. The van der Waals surface area contributed by atoms with E-state index in [2.05, 4.69) is 36.0 Å². The molecular weight excluding hydrogens is 1010 g/mol. The normalized spacial score (nSPS) is 15.4. The lowest BCUT2D eigenvalue weighted by molar-refractivity contribution is -0.192. The molecule has 1 aromatic heterocycles. The summed E-state index contributed by atoms with van der Waals surface area (Å²) in [7, 11) is -0.189. The Morgan fingerprint density at radius 3 is 2.24 bits per heavy atom. The molecule has 23 nitrogen and oxygen atoms in total. The summed E-state index contributed by atoms with van der Waals surface area (Å²) in [5.74, 6) is -0.647. The van der Waals surface area contributed by atoms with Crippen molar-refractivity contribution in [2.75, 3.05) is 45.7 Å². The minimum absolute atomic E-state index is 0.0364. The number of esters is 1. The van der Waals surface area contributed by atoms with E-state index >= 15 is 0 Å². The number of nitrogens with one attached hydrogen (secondary N) is 7. The summed E-state index contributed by atoms with van der Waals surface area (Å²) < 4.78 is 24.3. The number of likely N-dealkylation sites (tertiary alicyclic amines) is 1. The Morgan fingerprint density at radius 1 is 1.01 bits per heavy atom. The molecule has 3 rings (SSSR count). The number of ketones is 1. The maximum absolute atomic E-state index is 14.4. The molecule has 6 atom stereocenters. The van der Waals surface area contributed by atoms with Crippen LogP contribution in [0.25, 0.3) is 0 Å². The van der Waals surface area contributed by atoms with E-state index in [4.69, 9.17) is 31.9 Å². The number of amides is 5. The van der Waals surface area contributed by atoms with Crippen molar-refractivity contribution in [1.29, 1.82) is 0 Å². The number of aromatic nitrogens is 1. The molecule has 0 spiro atoms. The van der Waals surface area contributed by atoms with Gasteiger partial charge in [0.2, 0.25) is 11.8 Å². The number of carbonyl (C=O) groups is 7. The van der Waals surface area contributed by atoms with Crippen molar-refractivity contribution in [3.8, 4) is 30.4 Å². The molecule has 1 saturated heterocycles. The van der Waals surface area contributed by atoms with E-state index in [0.29, 0.717) is 23.4 Å². The van der Waals surface area contributed by atoms with Gasteiger partial charge in [0.15, 0.2) is 11.9 Å². The quantitative estimate of drug-likeness (QED) is 0.0139. The van der Waals surface area contributed by atoms with Crippen LogP contribution in [0.15, 0.2) is 23.6 Å². The Bertz CT molecular complexity index is 2380. The highest BCUT2D eigenvalue weighted by Crippen LogP contribution is 2.33. The number of phenolic OH excluding ortho intramolecular Hbond substituents is 1. The van der Waals surface area contributed by atoms with Crippen LogP contribution in [0.2, 0.25) is 0 Å². The fourth-order valence-corrected chi connectivity index (χ4v) is 10.2. The highest BCUT2D eigenvalue weighted by atomic mass is 32.1. The third kappa shape index (κ3) is 22.6. The second kappa shape index (κ2) is 33.6. The van der Waals surface area contributed by atoms with Crippen LogP contribution in [0.3, 0.4) is 0 Å². The van der Waals surface area contributed by atoms with Gasteiger partial charge in [0.25, 0.3) is 5.91 Å². The number of hydrazine groups is 2. The molecule has 75 heavy (non-hydrogen) atoms. The van der Waals surface area contributed by atoms with Gasteiger partial charge in [-0.3, -0.25) is 53.9 Å². The fraction of sp³-hybridized carbons (Fsp3) is 0.580. The zero-order valence-electron chi connectivity index (χ0n) is 43.9. The standard InChI is InChI=1S/C49H73N10O11PS.CO2/c1-11-17-35(26-34-19-20-41(61)37(27-34)52-46(65)21-24-69-25-22-50-71(68,56-54-44(63)13-3)57-55-45(64)14-4)51-47(66)38-30-72-48(53-38)43(70-33(8)60)29-40(31(5)6)59(10)49(67)36(32(7)12-2)28-42(62)39-18-15-16-23-58(39)9;2-1-3/h3-4,19-20,27,30-32,35-36,39-40,43,61H,11-12,15-18,21-26,28-29H2,1-2,5-10H3,(H,51,66)(H,52,65)(H,54,63)(H,55,64)(H3,50,56,57,68);/t32-,35+,36-,39+,40+,43+;/m0./s1. The molecule has 0 radical (unpaired) electrons. The van der Waals surface area contributed by atoms with Crippen molar-refractivity contribution < 1.29 is 62.3 Å². The van der Waals surface area contributed by atoms with Gasteiger partial charge in [-0.1, -0.05) is 59.9 Å². The van der Waals surface area contributed by atoms with Crippen molar-refractivity contribution >= 4 is 72.1 Å². The van der Waals surface area contributed by atoms with Crippen LogP contribution in [0.5, 0.6) is 5.75 Å². The number of phenols is 1. The summed E-state index contributed by atoms with van der Waals surface area (Å²) in [4.78, 5) is 115. The number of rotatable bonds is 30. The van der Waals surface area contributed by atoms with Gasteiger partial charge in [0, 0.05) is 56.7 Å². The molecule has 5 amide bonds. The molecule has 1 aromatic carbocycles. The van der Waals surface area contributed by atoms with Gasteiger partial charge >= 0.3 is 31.5 Å². The first-order chi connectivity index (χ1) is 35.6. The smallest absolute Gasteiger partial charge is 0.373 e. The molecule has 1 fully saturated rings. The van der Waals surface area contributed by atoms with Gasteiger partial charge in [-0.25, -0.2) is 10.1 Å². The first-order valence-corrected chi connectivity index (χ1v) is 27.2. The van der Waals surface area contributed by atoms with Crippen LogP contribution in [0.4, 0.5) is 5.69 Å². The number of nitrogens with zero attached hydrogens (tertiary/aromatic N) is 3. The molecular formula is C50H73N10O13PS. The van der Waals surface area contributed by atoms with E-state index in [9.17, 15) is 43.2 Å². The van der Waals surface area contributed by atoms with Crippen LogP contribution in [0, 0.1) is 42.4 Å². The van der Waals surface area contributed by atoms with Crippen LogP contribution >= 0.6 is 18.9 Å². The van der Waals surface area contributed by atoms with E-state index in [-0.39, 0.29) is 97.9 Å². The SMILES string of the molecule is C#CC(=O)NNP(=O)(NCCOCCC(=O)Nc1cc(C[C@@H](CCC)NC(=O)c2csc([C@@H](C[C@H](C(C)C)N(C)C(=O)[C@@H](CC(=O)[C@H]3CCCCN3C)[C@@H](C)CC)OC(C)=O)n2)ccc1O)NNC(=O)C#C.O=C=O. The zero-order chi connectivity index (χ0) is 56.3. The molecule has 2 heterocycles. The van der Waals surface area contributed by atoms with Crippen LogP contribution in [-0.4, -0.2) is 126 Å². The number of Topliss-reactive ketones (excluding diaryl/α,β-unsaturated/α-hetero) is 1. The second-order valence-corrected chi connectivity index (χ2v) is 21.1. The molecule has 1 aliphatic heterocycles. The first-order valence-electron chi connectivity index (χ1n) is 24.6. The zero-order valence-corrected chi connectivity index (χ0v) is 45.7. The maximum atomic E-state index is 14.4. The van der Waals surface area contributed by atoms with Gasteiger partial charge in [-0.05, 0) is 80.6 Å². The minimum atomic E-state index is -3.90. The minimum Gasteiger partial charge on any atom is -0.506 e. The Labute approximate surface area is 443 Å². The Hall–Kier alpha value is -6.33. The average Bonchev–Trinajstić information content (AvgIpc) is 3.88. The van der Waals surface area contributed by atoms with Crippen molar-refractivity contribution in [3.63, 3.8) is 0 Å². The van der Waals surface area contributed by atoms with E-state index in [1.54, 1.807) is 41.3 Å². The summed E-state index contributed by atoms with van der Waals surface area (Å²) in [5, 5.41) is 25.2. The molecule has 412 valence electrons. The highest BCUT2D eigenvalue weighted by molar-refractivity contribution is 7.57. The lowest BCUT2D eigenvalue weighted by atomic mass is 9.83. The third-order valence-corrected chi connectivity index (χ3v) is 14.8. The lowest BCUT2D eigenvalue weighted by Gasteiger charge is -2.37. The predicted octanol–water partition coefficient (Wildman–Crippen LogP) is 3.54. The average molecular weight is 1090 g/mol. The number of benzene rings is 1. The van der Waals surface area contributed by atoms with Crippen LogP contribution in [-0.2, 0) is 58.8 Å². The lowest BCUT2D eigenvalue weighted by Crippen LogP contribution is -2.48. The number of ether oxygens (including phenoxy) is 2. The maximum Gasteiger partial charge on any atom is 0.373 e. The van der Waals surface area contributed by atoms with Gasteiger partial charge in [0.05, 0.1) is 31.4 Å². The third-order valence-electron chi connectivity index (χ3n) is 12.4. The topological polar surface area (TPSA) is 313 Å². The van der Waals surface area contributed by atoms with Gasteiger partial charge in [-0.15, -0.1) is 24.2 Å². The van der Waals surface area contributed by atoms with E-state index < -0.39 is 55.3 Å². The predicted molar refractivity (Wildman–Crippen MR) is 278 cm³/mol. The molecule has 0 saturated carbocycles. The largest absolute Gasteiger partial charge is 0.506 e. The number of anilines is 1. The van der Waals surface area contributed by atoms with Gasteiger partial charge in [0.1, 0.15) is 16.5 Å². The molecule has 1 aliphatic rings. The Kier molecular flexibility index (Phi) is 29.0. The summed E-state index contributed by atoms with van der Waals surface area (Å²) in [6, 6.07) is 3.77. The molecule has 0 unspecified atom stereocenters. The van der Waals surface area contributed by atoms with Crippen LogP contribution < -0.4 is 37.0 Å². The number of carbonyl (C=O) groups excluding carboxylic acids is 9. The molecule has 25 heteroatoms. The van der Waals surface area contributed by atoms with E-state index in [0.717, 1.165) is 38.6 Å². The van der Waals surface area contributed by atoms with E-state index in [1.165, 1.54) is 24.3 Å². The van der Waals surface area contributed by atoms with Crippen molar-refractivity contribution in [2.45, 2.75) is 130 Å². The number of terminal acetylenes is 2.